The van der Waals surface area contributed by atoms with Gasteiger partial charge in [-0.2, -0.15) is 0 Å². The van der Waals surface area contributed by atoms with Crippen molar-refractivity contribution in [2.45, 2.75) is 0 Å². The zero-order chi connectivity index (χ0) is 8.65. The van der Waals surface area contributed by atoms with Gasteiger partial charge in [-0.1, -0.05) is 0 Å². The van der Waals surface area contributed by atoms with Crippen molar-refractivity contribution in [1.29, 1.82) is 0 Å². The van der Waals surface area contributed by atoms with Gasteiger partial charge in [0.05, 0.1) is 0 Å². The summed E-state index contributed by atoms with van der Waals surface area (Å²) in [5.74, 6) is -2.32. The molecule has 1 aliphatic rings. The number of rotatable bonds is 1. The third kappa shape index (κ3) is 1.54. The molecule has 2 N–H and O–H groups in total. The van der Waals surface area contributed by atoms with Crippen molar-refractivity contribution in [3.05, 3.63) is 11.4 Å². The number of hydrogen-bond acceptors (Lipinski definition) is 4. The van der Waals surface area contributed by atoms with Crippen LogP contribution in [0.15, 0.2) is 11.4 Å². The summed E-state index contributed by atoms with van der Waals surface area (Å²) in [5, 5.41) is -0.887. The first-order chi connectivity index (χ1) is 4.91. The average molecular weight is 178 g/mol. The van der Waals surface area contributed by atoms with Crippen molar-refractivity contribution >= 4 is 19.5 Å². The predicted molar refractivity (Wildman–Crippen MR) is 31.2 cm³/mol. The highest BCUT2D eigenvalue weighted by molar-refractivity contribution is 7.58. The standard InChI is InChI=1S/C4H3O6P/c5-3-1-2(4(6)10-3)11(7,8)9/h1H,(H2,7,8,9). The van der Waals surface area contributed by atoms with Crippen molar-refractivity contribution in [3.63, 3.8) is 0 Å². The molecule has 0 bridgehead atoms. The van der Waals surface area contributed by atoms with E-state index in [0.717, 1.165) is 0 Å². The molecule has 0 unspecified atom stereocenters. The molecule has 0 aromatic heterocycles. The van der Waals surface area contributed by atoms with Crippen LogP contribution in [0.25, 0.3) is 0 Å². The van der Waals surface area contributed by atoms with E-state index in [2.05, 4.69) is 4.74 Å². The first-order valence-electron chi connectivity index (χ1n) is 2.45. The Balaban J connectivity index is 3.07. The van der Waals surface area contributed by atoms with Gasteiger partial charge in [0.25, 0.3) is 0 Å². The van der Waals surface area contributed by atoms with E-state index >= 15 is 0 Å². The van der Waals surface area contributed by atoms with Crippen molar-refractivity contribution in [2.24, 2.45) is 0 Å². The van der Waals surface area contributed by atoms with Gasteiger partial charge in [0.2, 0.25) is 0 Å². The van der Waals surface area contributed by atoms with E-state index in [4.69, 9.17) is 9.79 Å². The SMILES string of the molecule is O=C1C=C(P(=O)(O)O)C(=O)O1. The van der Waals surface area contributed by atoms with Crippen LogP contribution in [0.4, 0.5) is 0 Å². The Morgan fingerprint density at radius 1 is 1.36 bits per heavy atom. The summed E-state index contributed by atoms with van der Waals surface area (Å²) in [6.45, 7) is 0. The van der Waals surface area contributed by atoms with Crippen LogP contribution < -0.4 is 0 Å². The molecule has 11 heavy (non-hydrogen) atoms. The van der Waals surface area contributed by atoms with Gasteiger partial charge in [-0.05, 0) is 0 Å². The number of carbonyl (C=O) groups excluding carboxylic acids is 2. The van der Waals surface area contributed by atoms with Crippen LogP contribution in [0.5, 0.6) is 0 Å². The van der Waals surface area contributed by atoms with Gasteiger partial charge in [-0.25, -0.2) is 9.59 Å². The molecule has 6 nitrogen and oxygen atoms in total. The summed E-state index contributed by atoms with van der Waals surface area (Å²) in [6, 6.07) is 0. The van der Waals surface area contributed by atoms with E-state index in [-0.39, 0.29) is 0 Å². The second-order valence-corrected chi connectivity index (χ2v) is 3.35. The first kappa shape index (κ1) is 8.13. The molecule has 0 radical (unpaired) electrons. The lowest BCUT2D eigenvalue weighted by molar-refractivity contribution is -0.150. The zero-order valence-electron chi connectivity index (χ0n) is 5.05. The fraction of sp³-hybridized carbons (Fsp3) is 0. The molecule has 0 aliphatic carbocycles. The maximum absolute atomic E-state index is 10.4. The number of cyclic esters (lactones) is 2. The Labute approximate surface area is 60.6 Å². The molecular weight excluding hydrogens is 175 g/mol. The molecule has 1 rings (SSSR count). The van der Waals surface area contributed by atoms with Crippen LogP contribution >= 0.6 is 7.60 Å². The van der Waals surface area contributed by atoms with Crippen molar-refractivity contribution < 1.29 is 28.7 Å². The lowest BCUT2D eigenvalue weighted by Crippen LogP contribution is -2.01. The molecule has 0 fully saturated rings. The minimum atomic E-state index is -4.64. The second kappa shape index (κ2) is 2.27. The third-order valence-electron chi connectivity index (χ3n) is 0.971. The predicted octanol–water partition coefficient (Wildman–Crippen LogP) is -0.869. The molecule has 7 heteroatoms. The molecular formula is C4H3O6P. The molecule has 0 spiro atoms. The van der Waals surface area contributed by atoms with E-state index < -0.39 is 24.8 Å². The molecule has 0 aromatic carbocycles. The van der Waals surface area contributed by atoms with Gasteiger partial charge < -0.3 is 14.5 Å². The zero-order valence-corrected chi connectivity index (χ0v) is 5.95. The molecule has 0 amide bonds. The van der Waals surface area contributed by atoms with Gasteiger partial charge in [-0.15, -0.1) is 0 Å². The van der Waals surface area contributed by atoms with Crippen LogP contribution in [0, 0.1) is 0 Å². The number of esters is 2. The van der Waals surface area contributed by atoms with Crippen LogP contribution in [-0.4, -0.2) is 21.7 Å². The lowest BCUT2D eigenvalue weighted by Gasteiger charge is -1.98. The summed E-state index contributed by atoms with van der Waals surface area (Å²) in [4.78, 5) is 37.5. The van der Waals surface area contributed by atoms with Gasteiger partial charge >= 0.3 is 19.5 Å². The fourth-order valence-corrected chi connectivity index (χ4v) is 1.10. The first-order valence-corrected chi connectivity index (χ1v) is 4.06. The maximum atomic E-state index is 10.4. The Morgan fingerprint density at radius 3 is 2.09 bits per heavy atom. The smallest absolute Gasteiger partial charge is 0.363 e. The molecule has 1 aliphatic heterocycles. The highest BCUT2D eigenvalue weighted by Gasteiger charge is 2.36. The number of carbonyl (C=O) groups is 2. The normalized spacial score (nSPS) is 18.2. The van der Waals surface area contributed by atoms with E-state index in [1.807, 2.05) is 0 Å². The summed E-state index contributed by atoms with van der Waals surface area (Å²) >= 11 is 0. The molecule has 1 heterocycles. The van der Waals surface area contributed by atoms with Gasteiger partial charge in [-0.3, -0.25) is 4.57 Å². The monoisotopic (exact) mass is 178 g/mol. The topological polar surface area (TPSA) is 101 Å². The van der Waals surface area contributed by atoms with Crippen LogP contribution in [-0.2, 0) is 18.9 Å². The van der Waals surface area contributed by atoms with E-state index in [1.165, 1.54) is 0 Å². The Kier molecular flexibility index (Phi) is 1.67. The van der Waals surface area contributed by atoms with Crippen molar-refractivity contribution in [3.8, 4) is 0 Å². The summed E-state index contributed by atoms with van der Waals surface area (Å²) in [7, 11) is -4.64. The number of ether oxygens (including phenoxy) is 1. The summed E-state index contributed by atoms with van der Waals surface area (Å²) < 4.78 is 14.2. The Morgan fingerprint density at radius 2 is 1.91 bits per heavy atom. The van der Waals surface area contributed by atoms with Crippen molar-refractivity contribution in [1.82, 2.24) is 0 Å². The fourth-order valence-electron chi connectivity index (χ4n) is 0.547. The second-order valence-electron chi connectivity index (χ2n) is 1.78. The molecule has 0 aromatic rings. The molecule has 0 atom stereocenters. The Bertz CT molecular complexity index is 296. The van der Waals surface area contributed by atoms with Gasteiger partial charge in [0.15, 0.2) is 5.31 Å². The minimum absolute atomic E-state index is 0.489. The third-order valence-corrected chi connectivity index (χ3v) is 1.91. The van der Waals surface area contributed by atoms with Gasteiger partial charge in [0.1, 0.15) is 0 Å². The minimum Gasteiger partial charge on any atom is -0.386 e. The van der Waals surface area contributed by atoms with E-state index in [0.29, 0.717) is 6.08 Å². The quantitative estimate of drug-likeness (QED) is 0.307. The van der Waals surface area contributed by atoms with Gasteiger partial charge in [0, 0.05) is 6.08 Å². The van der Waals surface area contributed by atoms with Crippen LogP contribution in [0.1, 0.15) is 0 Å². The Hall–Kier alpha value is -0.970. The highest BCUT2D eigenvalue weighted by Crippen LogP contribution is 2.46. The molecule has 0 saturated heterocycles. The van der Waals surface area contributed by atoms with Crippen molar-refractivity contribution in [2.75, 3.05) is 0 Å². The van der Waals surface area contributed by atoms with E-state index in [1.54, 1.807) is 0 Å². The lowest BCUT2D eigenvalue weighted by atomic mass is 10.5. The molecule has 0 saturated carbocycles. The van der Waals surface area contributed by atoms with Crippen LogP contribution in [0.3, 0.4) is 0 Å². The van der Waals surface area contributed by atoms with Crippen LogP contribution in [0.2, 0.25) is 0 Å². The summed E-state index contributed by atoms with van der Waals surface area (Å²) in [5.41, 5.74) is 0. The largest absolute Gasteiger partial charge is 0.386 e. The van der Waals surface area contributed by atoms with E-state index in [9.17, 15) is 14.2 Å². The summed E-state index contributed by atoms with van der Waals surface area (Å²) in [6.07, 6.45) is 0.489. The highest BCUT2D eigenvalue weighted by atomic mass is 31.2. The average Bonchev–Trinajstić information content (AvgIpc) is 2.08. The maximum Gasteiger partial charge on any atom is 0.363 e. The molecule has 60 valence electrons. The number of hydrogen-bond donors (Lipinski definition) is 2.